The Kier molecular flexibility index (Phi) is 4.53. The van der Waals surface area contributed by atoms with Crippen LogP contribution in [0, 0.1) is 10.1 Å². The molecule has 0 saturated heterocycles. The molecule has 0 aliphatic heterocycles. The van der Waals surface area contributed by atoms with Gasteiger partial charge in [0.15, 0.2) is 0 Å². The number of carbonyl (C=O) groups excluding carboxylic acids is 1. The molecule has 0 heterocycles. The van der Waals surface area contributed by atoms with Gasteiger partial charge in [-0.25, -0.2) is 4.79 Å². The van der Waals surface area contributed by atoms with E-state index >= 15 is 0 Å². The van der Waals surface area contributed by atoms with Gasteiger partial charge in [0.05, 0.1) is 17.6 Å². The fraction of sp³-hybridized carbons (Fsp3) is 0.0625. The number of ether oxygens (including phenoxy) is 1. The highest BCUT2D eigenvalue weighted by molar-refractivity contribution is 5.90. The lowest BCUT2D eigenvalue weighted by Gasteiger charge is -2.01. The first-order valence-electron chi connectivity index (χ1n) is 6.35. The molecule has 0 aromatic heterocycles. The number of nitrogens with zero attached hydrogens (tertiary/aromatic N) is 1. The lowest BCUT2D eigenvalue weighted by Crippen LogP contribution is -2.00. The molecule has 0 aliphatic carbocycles. The third-order valence-corrected chi connectivity index (χ3v) is 2.98. The molecule has 6 heteroatoms. The molecule has 1 N–H and O–H groups in total. The van der Waals surface area contributed by atoms with Crippen molar-refractivity contribution in [3.8, 4) is 5.75 Å². The Bertz CT molecular complexity index is 752. The van der Waals surface area contributed by atoms with Gasteiger partial charge in [0.25, 0.3) is 5.69 Å². The van der Waals surface area contributed by atoms with Crippen LogP contribution < -0.4 is 0 Å². The first kappa shape index (κ1) is 15.2. The van der Waals surface area contributed by atoms with E-state index in [1.165, 1.54) is 25.3 Å². The summed E-state index contributed by atoms with van der Waals surface area (Å²) in [5.41, 5.74) is 1.31. The van der Waals surface area contributed by atoms with Crippen molar-refractivity contribution in [3.05, 3.63) is 69.3 Å². The molecule has 0 unspecified atom stereocenters. The van der Waals surface area contributed by atoms with Gasteiger partial charge >= 0.3 is 5.97 Å². The van der Waals surface area contributed by atoms with Crippen LogP contribution in [0.5, 0.6) is 5.75 Å². The van der Waals surface area contributed by atoms with Gasteiger partial charge in [0, 0.05) is 17.7 Å². The Morgan fingerprint density at radius 2 is 2.00 bits per heavy atom. The van der Waals surface area contributed by atoms with Crippen LogP contribution in [0.1, 0.15) is 21.5 Å². The summed E-state index contributed by atoms with van der Waals surface area (Å²) in [6.07, 6.45) is 3.18. The predicted octanol–water partition coefficient (Wildman–Crippen LogP) is 3.26. The molecule has 0 atom stereocenters. The monoisotopic (exact) mass is 299 g/mol. The van der Waals surface area contributed by atoms with Crippen LogP contribution >= 0.6 is 0 Å². The van der Waals surface area contributed by atoms with Crippen molar-refractivity contribution in [1.29, 1.82) is 0 Å². The average molecular weight is 299 g/mol. The Balaban J connectivity index is 2.31. The van der Waals surface area contributed by atoms with Gasteiger partial charge in [-0.1, -0.05) is 24.3 Å². The van der Waals surface area contributed by atoms with Crippen LogP contribution in [-0.4, -0.2) is 23.1 Å². The Morgan fingerprint density at radius 1 is 1.23 bits per heavy atom. The summed E-state index contributed by atoms with van der Waals surface area (Å²) >= 11 is 0. The molecule has 112 valence electrons. The molecule has 0 spiro atoms. The standard InChI is InChI=1S/C16H13NO5/c1-22-16(19)13-4-2-3-11(9-13)5-6-12-10-14(17(20)21)7-8-15(12)18/h2-10,18H,1H3/b6-5+. The lowest BCUT2D eigenvalue weighted by molar-refractivity contribution is -0.384. The number of phenols is 1. The topological polar surface area (TPSA) is 89.7 Å². The van der Waals surface area contributed by atoms with E-state index in [2.05, 4.69) is 4.74 Å². The molecular weight excluding hydrogens is 286 g/mol. The van der Waals surface area contributed by atoms with Crippen molar-refractivity contribution in [2.45, 2.75) is 0 Å². The highest BCUT2D eigenvalue weighted by Crippen LogP contribution is 2.25. The average Bonchev–Trinajstić information content (AvgIpc) is 2.53. The molecule has 0 saturated carbocycles. The number of carbonyl (C=O) groups is 1. The molecule has 0 bridgehead atoms. The van der Waals surface area contributed by atoms with Crippen molar-refractivity contribution < 1.29 is 19.6 Å². The largest absolute Gasteiger partial charge is 0.507 e. The summed E-state index contributed by atoms with van der Waals surface area (Å²) < 4.78 is 4.64. The number of phenolic OH excluding ortho intramolecular Hbond substituents is 1. The van der Waals surface area contributed by atoms with E-state index in [1.807, 2.05) is 0 Å². The van der Waals surface area contributed by atoms with E-state index in [1.54, 1.807) is 36.4 Å². The number of nitro benzene ring substituents is 1. The summed E-state index contributed by atoms with van der Waals surface area (Å²) in [6, 6.07) is 10.5. The molecule has 2 rings (SSSR count). The number of methoxy groups -OCH3 is 1. The van der Waals surface area contributed by atoms with Crippen molar-refractivity contribution in [2.75, 3.05) is 7.11 Å². The highest BCUT2D eigenvalue weighted by Gasteiger charge is 2.08. The molecule has 0 aliphatic rings. The second-order valence-electron chi connectivity index (χ2n) is 4.45. The summed E-state index contributed by atoms with van der Waals surface area (Å²) in [5.74, 6) is -0.514. The summed E-state index contributed by atoms with van der Waals surface area (Å²) in [4.78, 5) is 21.7. The minimum Gasteiger partial charge on any atom is -0.507 e. The maximum absolute atomic E-state index is 11.5. The second-order valence-corrected chi connectivity index (χ2v) is 4.45. The number of benzene rings is 2. The molecule has 0 radical (unpaired) electrons. The fourth-order valence-corrected chi connectivity index (χ4v) is 1.86. The number of hydrogen-bond donors (Lipinski definition) is 1. The summed E-state index contributed by atoms with van der Waals surface area (Å²) in [5, 5.41) is 20.5. The van der Waals surface area contributed by atoms with Gasteiger partial charge in [-0.15, -0.1) is 0 Å². The van der Waals surface area contributed by atoms with Crippen LogP contribution in [0.15, 0.2) is 42.5 Å². The van der Waals surface area contributed by atoms with E-state index in [0.717, 1.165) is 0 Å². The van der Waals surface area contributed by atoms with Crippen LogP contribution in [0.3, 0.4) is 0 Å². The van der Waals surface area contributed by atoms with Crippen LogP contribution in [0.2, 0.25) is 0 Å². The normalized spacial score (nSPS) is 10.6. The molecule has 6 nitrogen and oxygen atoms in total. The quantitative estimate of drug-likeness (QED) is 0.405. The molecular formula is C16H13NO5. The minimum atomic E-state index is -0.533. The number of esters is 1. The summed E-state index contributed by atoms with van der Waals surface area (Å²) in [6.45, 7) is 0. The van der Waals surface area contributed by atoms with E-state index in [-0.39, 0.29) is 11.4 Å². The Hall–Kier alpha value is -3.15. The van der Waals surface area contributed by atoms with Crippen molar-refractivity contribution in [3.63, 3.8) is 0 Å². The van der Waals surface area contributed by atoms with Gasteiger partial charge in [0.1, 0.15) is 5.75 Å². The van der Waals surface area contributed by atoms with Gasteiger partial charge in [-0.2, -0.15) is 0 Å². The molecule has 0 fully saturated rings. The molecule has 22 heavy (non-hydrogen) atoms. The van der Waals surface area contributed by atoms with E-state index in [9.17, 15) is 20.0 Å². The second kappa shape index (κ2) is 6.53. The SMILES string of the molecule is COC(=O)c1cccc(/C=C/c2cc([N+](=O)[O-])ccc2O)c1. The maximum Gasteiger partial charge on any atom is 0.337 e. The zero-order valence-electron chi connectivity index (χ0n) is 11.7. The highest BCUT2D eigenvalue weighted by atomic mass is 16.6. The molecule has 0 amide bonds. The van der Waals surface area contributed by atoms with Gasteiger partial charge in [-0.05, 0) is 23.8 Å². The van der Waals surface area contributed by atoms with Crippen molar-refractivity contribution in [2.24, 2.45) is 0 Å². The first-order chi connectivity index (χ1) is 10.5. The number of non-ortho nitro benzene ring substituents is 1. The van der Waals surface area contributed by atoms with Gasteiger partial charge < -0.3 is 9.84 Å². The van der Waals surface area contributed by atoms with E-state index in [0.29, 0.717) is 16.7 Å². The Morgan fingerprint density at radius 3 is 2.68 bits per heavy atom. The zero-order chi connectivity index (χ0) is 16.1. The van der Waals surface area contributed by atoms with Crippen LogP contribution in [0.25, 0.3) is 12.2 Å². The lowest BCUT2D eigenvalue weighted by atomic mass is 10.1. The zero-order valence-corrected chi connectivity index (χ0v) is 11.7. The van der Waals surface area contributed by atoms with E-state index in [4.69, 9.17) is 0 Å². The van der Waals surface area contributed by atoms with Crippen LogP contribution in [-0.2, 0) is 4.74 Å². The third kappa shape index (κ3) is 3.49. The first-order valence-corrected chi connectivity index (χ1v) is 6.35. The summed E-state index contributed by atoms with van der Waals surface area (Å²) in [7, 11) is 1.30. The number of nitro groups is 1. The van der Waals surface area contributed by atoms with Crippen LogP contribution in [0.4, 0.5) is 5.69 Å². The third-order valence-electron chi connectivity index (χ3n) is 2.98. The van der Waals surface area contributed by atoms with Gasteiger partial charge in [-0.3, -0.25) is 10.1 Å². The fourth-order valence-electron chi connectivity index (χ4n) is 1.86. The predicted molar refractivity (Wildman–Crippen MR) is 81.5 cm³/mol. The smallest absolute Gasteiger partial charge is 0.337 e. The van der Waals surface area contributed by atoms with E-state index < -0.39 is 10.9 Å². The number of rotatable bonds is 4. The number of aromatic hydroxyl groups is 1. The van der Waals surface area contributed by atoms with Crippen molar-refractivity contribution in [1.82, 2.24) is 0 Å². The molecule has 2 aromatic rings. The Labute approximate surface area is 126 Å². The molecule has 2 aromatic carbocycles. The number of hydrogen-bond acceptors (Lipinski definition) is 5. The van der Waals surface area contributed by atoms with Gasteiger partial charge in [0.2, 0.25) is 0 Å². The van der Waals surface area contributed by atoms with Crippen molar-refractivity contribution >= 4 is 23.8 Å². The minimum absolute atomic E-state index is 0.0639. The maximum atomic E-state index is 11.5.